The molecule has 0 saturated carbocycles. The van der Waals surface area contributed by atoms with Crippen LogP contribution in [0.1, 0.15) is 32.8 Å². The van der Waals surface area contributed by atoms with E-state index in [9.17, 15) is 9.59 Å². The summed E-state index contributed by atoms with van der Waals surface area (Å²) in [4.78, 5) is 23.4. The van der Waals surface area contributed by atoms with Crippen molar-refractivity contribution < 1.29 is 9.59 Å². The average Bonchev–Trinajstić information content (AvgIpc) is 2.52. The maximum Gasteiger partial charge on any atom is 0.316 e. The molecule has 3 N–H and O–H groups in total. The van der Waals surface area contributed by atoms with E-state index in [0.29, 0.717) is 0 Å². The fourth-order valence-corrected chi connectivity index (χ4v) is 1.58. The van der Waals surface area contributed by atoms with Crippen molar-refractivity contribution in [2.45, 2.75) is 39.3 Å². The third kappa shape index (κ3) is 6.80. The van der Waals surface area contributed by atoms with Crippen LogP contribution in [0, 0.1) is 11.8 Å². The van der Waals surface area contributed by atoms with Crippen LogP contribution in [0.25, 0.3) is 0 Å². The summed E-state index contributed by atoms with van der Waals surface area (Å²) >= 11 is 0. The van der Waals surface area contributed by atoms with Crippen molar-refractivity contribution in [2.24, 2.45) is 0 Å². The van der Waals surface area contributed by atoms with Crippen molar-refractivity contribution in [3.05, 3.63) is 35.9 Å². The first-order chi connectivity index (χ1) is 10.5. The Morgan fingerprint density at radius 3 is 2.45 bits per heavy atom. The summed E-state index contributed by atoms with van der Waals surface area (Å²) in [5.74, 6) is 5.60. The highest BCUT2D eigenvalue weighted by Gasteiger charge is 2.16. The molecule has 1 aromatic carbocycles. The lowest BCUT2D eigenvalue weighted by Gasteiger charge is -2.17. The van der Waals surface area contributed by atoms with E-state index in [1.807, 2.05) is 44.2 Å². The second-order valence-corrected chi connectivity index (χ2v) is 5.03. The maximum atomic E-state index is 11.8. The largest absolute Gasteiger partial charge is 0.352 e. The van der Waals surface area contributed by atoms with Gasteiger partial charge in [-0.25, -0.2) is 4.79 Å². The summed E-state index contributed by atoms with van der Waals surface area (Å²) in [6.45, 7) is 5.78. The Hall–Kier alpha value is -2.48. The molecule has 5 nitrogen and oxygen atoms in total. The molecule has 22 heavy (non-hydrogen) atoms. The van der Waals surface area contributed by atoms with Crippen LogP contribution in [-0.4, -0.2) is 30.6 Å². The predicted molar refractivity (Wildman–Crippen MR) is 87.2 cm³/mol. The highest BCUT2D eigenvalue weighted by atomic mass is 16.2. The lowest BCUT2D eigenvalue weighted by Crippen LogP contribution is -2.50. The van der Waals surface area contributed by atoms with Gasteiger partial charge < -0.3 is 16.0 Å². The van der Waals surface area contributed by atoms with Crippen LogP contribution in [0.15, 0.2) is 30.3 Å². The second-order valence-electron chi connectivity index (χ2n) is 5.03. The molecule has 0 aliphatic heterocycles. The summed E-state index contributed by atoms with van der Waals surface area (Å²) in [6, 6.07) is 8.62. The van der Waals surface area contributed by atoms with E-state index in [-0.39, 0.29) is 18.5 Å². The Bertz CT molecular complexity index is 546. The smallest absolute Gasteiger partial charge is 0.316 e. The van der Waals surface area contributed by atoms with Gasteiger partial charge in [-0.3, -0.25) is 4.79 Å². The van der Waals surface area contributed by atoms with Crippen molar-refractivity contribution in [3.63, 3.8) is 0 Å². The summed E-state index contributed by atoms with van der Waals surface area (Å²) in [7, 11) is 0. The first kappa shape index (κ1) is 17.6. The van der Waals surface area contributed by atoms with Crippen molar-refractivity contribution in [1.29, 1.82) is 0 Å². The summed E-state index contributed by atoms with van der Waals surface area (Å²) in [6.07, 6.45) is 0.847. The zero-order valence-electron chi connectivity index (χ0n) is 13.3. The Morgan fingerprint density at radius 1 is 1.14 bits per heavy atom. The van der Waals surface area contributed by atoms with Crippen molar-refractivity contribution in [1.82, 2.24) is 16.0 Å². The van der Waals surface area contributed by atoms with Crippen LogP contribution in [0.2, 0.25) is 0 Å². The molecule has 0 aromatic heterocycles. The summed E-state index contributed by atoms with van der Waals surface area (Å²) in [5, 5.41) is 7.99. The summed E-state index contributed by atoms with van der Waals surface area (Å²) < 4.78 is 0. The molecular weight excluding hydrogens is 278 g/mol. The number of urea groups is 1. The number of carbonyl (C=O) groups excluding carboxylic acids is 2. The third-order valence-electron chi connectivity index (χ3n) is 3.09. The number of benzene rings is 1. The normalized spacial score (nSPS) is 12.3. The molecule has 0 unspecified atom stereocenters. The molecule has 0 radical (unpaired) electrons. The maximum absolute atomic E-state index is 11.8. The number of carbonyl (C=O) groups is 2. The van der Waals surface area contributed by atoms with Gasteiger partial charge in [0.1, 0.15) is 6.04 Å². The van der Waals surface area contributed by atoms with E-state index in [4.69, 9.17) is 0 Å². The third-order valence-corrected chi connectivity index (χ3v) is 3.09. The van der Waals surface area contributed by atoms with Gasteiger partial charge in [0.05, 0.1) is 6.54 Å². The monoisotopic (exact) mass is 301 g/mol. The molecule has 3 amide bonds. The molecule has 0 aliphatic carbocycles. The minimum absolute atomic E-state index is 0.0940. The van der Waals surface area contributed by atoms with Gasteiger partial charge in [-0.15, -0.1) is 0 Å². The van der Waals surface area contributed by atoms with Crippen LogP contribution in [0.5, 0.6) is 0 Å². The van der Waals surface area contributed by atoms with Crippen molar-refractivity contribution in [3.8, 4) is 11.8 Å². The van der Waals surface area contributed by atoms with Gasteiger partial charge >= 0.3 is 6.03 Å². The van der Waals surface area contributed by atoms with Gasteiger partial charge in [-0.05, 0) is 32.4 Å². The molecule has 118 valence electrons. The quantitative estimate of drug-likeness (QED) is 0.724. The zero-order chi connectivity index (χ0) is 16.4. The molecule has 5 heteroatoms. The molecule has 0 fully saturated rings. The molecule has 2 atom stereocenters. The van der Waals surface area contributed by atoms with E-state index in [1.54, 1.807) is 6.92 Å². The molecule has 0 aliphatic rings. The first-order valence-corrected chi connectivity index (χ1v) is 7.41. The number of hydrogen-bond acceptors (Lipinski definition) is 2. The van der Waals surface area contributed by atoms with E-state index >= 15 is 0 Å². The Morgan fingerprint density at radius 2 is 1.82 bits per heavy atom. The fourth-order valence-electron chi connectivity index (χ4n) is 1.58. The first-order valence-electron chi connectivity index (χ1n) is 7.41. The van der Waals surface area contributed by atoms with Gasteiger partial charge in [-0.2, -0.15) is 0 Å². The van der Waals surface area contributed by atoms with Gasteiger partial charge in [0.15, 0.2) is 0 Å². The lowest BCUT2D eigenvalue weighted by atomic mass is 10.2. The Balaban J connectivity index is 2.31. The topological polar surface area (TPSA) is 70.2 Å². The Kier molecular flexibility index (Phi) is 7.55. The van der Waals surface area contributed by atoms with Gasteiger partial charge in [0.25, 0.3) is 0 Å². The summed E-state index contributed by atoms with van der Waals surface area (Å²) in [5.41, 5.74) is 0.894. The number of nitrogens with one attached hydrogen (secondary N) is 3. The van der Waals surface area contributed by atoms with Crippen LogP contribution >= 0.6 is 0 Å². The second kappa shape index (κ2) is 9.46. The molecular formula is C17H23N3O2. The van der Waals surface area contributed by atoms with Gasteiger partial charge in [0.2, 0.25) is 5.91 Å². The Labute approximate surface area is 131 Å². The minimum atomic E-state index is -0.587. The van der Waals surface area contributed by atoms with Crippen LogP contribution < -0.4 is 16.0 Å². The van der Waals surface area contributed by atoms with Crippen molar-refractivity contribution >= 4 is 11.9 Å². The molecule has 0 heterocycles. The molecule has 0 saturated heterocycles. The number of rotatable bonds is 5. The molecule has 0 spiro atoms. The van der Waals surface area contributed by atoms with E-state index < -0.39 is 12.1 Å². The van der Waals surface area contributed by atoms with Crippen LogP contribution in [0.4, 0.5) is 4.79 Å². The molecule has 0 bridgehead atoms. The highest BCUT2D eigenvalue weighted by Crippen LogP contribution is 1.94. The number of amides is 3. The van der Waals surface area contributed by atoms with Crippen LogP contribution in [0.3, 0.4) is 0 Å². The lowest BCUT2D eigenvalue weighted by molar-refractivity contribution is -0.123. The highest BCUT2D eigenvalue weighted by molar-refractivity contribution is 5.86. The van der Waals surface area contributed by atoms with Crippen LogP contribution in [-0.2, 0) is 4.79 Å². The van der Waals surface area contributed by atoms with E-state index in [2.05, 4.69) is 27.8 Å². The van der Waals surface area contributed by atoms with E-state index in [1.165, 1.54) is 0 Å². The average molecular weight is 301 g/mol. The fraction of sp³-hybridized carbons (Fsp3) is 0.412. The predicted octanol–water partition coefficient (Wildman–Crippen LogP) is 1.64. The van der Waals surface area contributed by atoms with Gasteiger partial charge in [0, 0.05) is 11.6 Å². The molecule has 1 aromatic rings. The number of hydrogen-bond donors (Lipinski definition) is 3. The molecule has 1 rings (SSSR count). The zero-order valence-corrected chi connectivity index (χ0v) is 13.3. The van der Waals surface area contributed by atoms with E-state index in [0.717, 1.165) is 12.0 Å². The van der Waals surface area contributed by atoms with Gasteiger partial charge in [-0.1, -0.05) is 37.0 Å². The SMILES string of the molecule is CC[C@@H](C)NC(=O)[C@H](C)NC(=O)NCC#Cc1ccccc1. The minimum Gasteiger partial charge on any atom is -0.352 e. The van der Waals surface area contributed by atoms with Crippen molar-refractivity contribution in [2.75, 3.05) is 6.54 Å². The standard InChI is InChI=1S/C17H23N3O2/c1-4-13(2)19-16(21)14(3)20-17(22)18-12-8-11-15-9-6-5-7-10-15/h5-7,9-10,13-14H,4,12H2,1-3H3,(H,19,21)(H2,18,20,22)/t13-,14+/m1/s1.